The first-order chi connectivity index (χ1) is 8.99. The van der Waals surface area contributed by atoms with Crippen LogP contribution in [-0.2, 0) is 0 Å². The Bertz CT molecular complexity index is 574. The molecule has 6 heteroatoms. The minimum atomic E-state index is -0.703. The highest BCUT2D eigenvalue weighted by Gasteiger charge is 2.15. The van der Waals surface area contributed by atoms with Gasteiger partial charge < -0.3 is 11.1 Å². The van der Waals surface area contributed by atoms with Crippen LogP contribution in [0.4, 0.5) is 14.5 Å². The largest absolute Gasteiger partial charge is 0.389 e. The van der Waals surface area contributed by atoms with Gasteiger partial charge in [0.25, 0.3) is 0 Å². The van der Waals surface area contributed by atoms with E-state index in [1.165, 1.54) is 11.3 Å². The van der Waals surface area contributed by atoms with Crippen LogP contribution in [-0.4, -0.2) is 4.99 Å². The first-order valence-electron chi connectivity index (χ1n) is 5.58. The smallest absolute Gasteiger partial charge is 0.150 e. The summed E-state index contributed by atoms with van der Waals surface area (Å²) in [4.78, 5) is 0.966. The maximum Gasteiger partial charge on any atom is 0.150 e. The molecule has 0 aliphatic carbocycles. The average Bonchev–Trinajstić information content (AvgIpc) is 2.86. The van der Waals surface area contributed by atoms with Crippen LogP contribution in [0.25, 0.3) is 0 Å². The van der Waals surface area contributed by atoms with Gasteiger partial charge in [-0.1, -0.05) is 18.3 Å². The molecule has 19 heavy (non-hydrogen) atoms. The highest BCUT2D eigenvalue weighted by atomic mass is 32.1. The zero-order valence-electron chi connectivity index (χ0n) is 10.1. The van der Waals surface area contributed by atoms with Crippen molar-refractivity contribution in [3.05, 3.63) is 51.7 Å². The van der Waals surface area contributed by atoms with Crippen molar-refractivity contribution < 1.29 is 8.78 Å². The maximum atomic E-state index is 13.9. The van der Waals surface area contributed by atoms with Crippen molar-refractivity contribution in [2.75, 3.05) is 5.32 Å². The van der Waals surface area contributed by atoms with Gasteiger partial charge in [-0.2, -0.15) is 0 Å². The number of hydrogen-bond acceptors (Lipinski definition) is 3. The topological polar surface area (TPSA) is 38.0 Å². The number of hydrogen-bond donors (Lipinski definition) is 2. The molecule has 0 fully saturated rings. The van der Waals surface area contributed by atoms with Gasteiger partial charge in [-0.3, -0.25) is 0 Å². The summed E-state index contributed by atoms with van der Waals surface area (Å²) in [6, 6.07) is 5.88. The molecule has 1 aromatic heterocycles. The Balaban J connectivity index is 2.28. The van der Waals surface area contributed by atoms with E-state index in [0.29, 0.717) is 0 Å². The average molecular weight is 298 g/mol. The molecule has 100 valence electrons. The standard InChI is InChI=1S/C13H12F2N2S2/c1-7(11-3-2-4-19-11)17-12-9(14)5-8(13(16)18)6-10(12)15/h2-7,17H,1H3,(H2,16,18). The second kappa shape index (κ2) is 5.63. The fraction of sp³-hybridized carbons (Fsp3) is 0.154. The molecule has 1 unspecified atom stereocenters. The van der Waals surface area contributed by atoms with Crippen LogP contribution in [0.1, 0.15) is 23.4 Å². The minimum Gasteiger partial charge on any atom is -0.389 e. The molecule has 2 aromatic rings. The van der Waals surface area contributed by atoms with Crippen LogP contribution >= 0.6 is 23.6 Å². The first-order valence-corrected chi connectivity index (χ1v) is 6.86. The highest BCUT2D eigenvalue weighted by Crippen LogP contribution is 2.27. The van der Waals surface area contributed by atoms with Gasteiger partial charge in [0.05, 0.1) is 6.04 Å². The third-order valence-corrected chi connectivity index (χ3v) is 3.95. The second-order valence-electron chi connectivity index (χ2n) is 4.06. The Morgan fingerprint density at radius 3 is 2.47 bits per heavy atom. The molecule has 1 atom stereocenters. The van der Waals surface area contributed by atoms with E-state index in [1.54, 1.807) is 0 Å². The molecule has 0 saturated heterocycles. The Morgan fingerprint density at radius 1 is 1.37 bits per heavy atom. The maximum absolute atomic E-state index is 13.9. The van der Waals surface area contributed by atoms with E-state index in [2.05, 4.69) is 5.32 Å². The van der Waals surface area contributed by atoms with E-state index in [4.69, 9.17) is 18.0 Å². The van der Waals surface area contributed by atoms with Crippen molar-refractivity contribution in [2.45, 2.75) is 13.0 Å². The molecule has 0 saturated carbocycles. The number of benzene rings is 1. The van der Waals surface area contributed by atoms with Crippen LogP contribution in [0.5, 0.6) is 0 Å². The molecule has 2 nitrogen and oxygen atoms in total. The van der Waals surface area contributed by atoms with Crippen LogP contribution in [0.15, 0.2) is 29.6 Å². The molecular weight excluding hydrogens is 286 g/mol. The normalized spacial score (nSPS) is 12.2. The summed E-state index contributed by atoms with van der Waals surface area (Å²) in [5, 5.41) is 4.74. The molecule has 0 aliphatic heterocycles. The van der Waals surface area contributed by atoms with E-state index in [9.17, 15) is 8.78 Å². The van der Waals surface area contributed by atoms with Gasteiger partial charge in [0.2, 0.25) is 0 Å². The van der Waals surface area contributed by atoms with Gasteiger partial charge >= 0.3 is 0 Å². The van der Waals surface area contributed by atoms with Gasteiger partial charge in [-0.05, 0) is 30.5 Å². The summed E-state index contributed by atoms with van der Waals surface area (Å²) in [6.45, 7) is 1.84. The summed E-state index contributed by atoms with van der Waals surface area (Å²) >= 11 is 6.22. The molecule has 2 rings (SSSR count). The van der Waals surface area contributed by atoms with Gasteiger partial charge in [0.15, 0.2) is 0 Å². The molecule has 0 bridgehead atoms. The lowest BCUT2D eigenvalue weighted by Crippen LogP contribution is -2.13. The Kier molecular flexibility index (Phi) is 4.11. The van der Waals surface area contributed by atoms with E-state index in [-0.39, 0.29) is 22.3 Å². The minimum absolute atomic E-state index is 0.0318. The third-order valence-electron chi connectivity index (χ3n) is 2.66. The highest BCUT2D eigenvalue weighted by molar-refractivity contribution is 7.80. The van der Waals surface area contributed by atoms with Crippen LogP contribution in [0.2, 0.25) is 0 Å². The number of nitrogens with two attached hydrogens (primary N) is 1. The fourth-order valence-corrected chi connectivity index (χ4v) is 2.53. The number of nitrogens with one attached hydrogen (secondary N) is 1. The SMILES string of the molecule is CC(Nc1c(F)cc(C(N)=S)cc1F)c1cccs1. The predicted molar refractivity (Wildman–Crippen MR) is 78.6 cm³/mol. The molecule has 1 heterocycles. The van der Waals surface area contributed by atoms with Gasteiger partial charge in [0, 0.05) is 10.4 Å². The Labute approximate surface area is 119 Å². The lowest BCUT2D eigenvalue weighted by molar-refractivity contribution is 0.584. The van der Waals surface area contributed by atoms with E-state index in [1.807, 2.05) is 24.4 Å². The molecule has 3 N–H and O–H groups in total. The van der Waals surface area contributed by atoms with Crippen molar-refractivity contribution in [3.8, 4) is 0 Å². The molecule has 0 spiro atoms. The second-order valence-corrected chi connectivity index (χ2v) is 5.48. The Hall–Kier alpha value is -1.53. The van der Waals surface area contributed by atoms with Gasteiger partial charge in [0.1, 0.15) is 22.3 Å². The fourth-order valence-electron chi connectivity index (χ4n) is 1.68. The van der Waals surface area contributed by atoms with Crippen molar-refractivity contribution in [3.63, 3.8) is 0 Å². The zero-order chi connectivity index (χ0) is 14.0. The summed E-state index contributed by atoms with van der Waals surface area (Å²) in [5.41, 5.74) is 5.37. The van der Waals surface area contributed by atoms with Crippen molar-refractivity contribution in [2.24, 2.45) is 5.73 Å². The van der Waals surface area contributed by atoms with E-state index in [0.717, 1.165) is 17.0 Å². The number of thiocarbonyl (C=S) groups is 1. The number of thiophene rings is 1. The van der Waals surface area contributed by atoms with Crippen molar-refractivity contribution in [1.82, 2.24) is 0 Å². The molecule has 0 amide bonds. The monoisotopic (exact) mass is 298 g/mol. The molecular formula is C13H12F2N2S2. The number of rotatable bonds is 4. The van der Waals surface area contributed by atoms with Gasteiger partial charge in [-0.25, -0.2) is 8.78 Å². The van der Waals surface area contributed by atoms with Crippen molar-refractivity contribution in [1.29, 1.82) is 0 Å². The van der Waals surface area contributed by atoms with Crippen LogP contribution in [0, 0.1) is 11.6 Å². The lowest BCUT2D eigenvalue weighted by atomic mass is 10.1. The number of anilines is 1. The zero-order valence-corrected chi connectivity index (χ0v) is 11.7. The third kappa shape index (κ3) is 3.08. The van der Waals surface area contributed by atoms with E-state index < -0.39 is 11.6 Å². The van der Waals surface area contributed by atoms with Crippen LogP contribution < -0.4 is 11.1 Å². The lowest BCUT2D eigenvalue weighted by Gasteiger charge is -2.15. The van der Waals surface area contributed by atoms with Crippen molar-refractivity contribution >= 4 is 34.2 Å². The molecule has 1 aromatic carbocycles. The summed E-state index contributed by atoms with van der Waals surface area (Å²) in [6.07, 6.45) is 0. The quantitative estimate of drug-likeness (QED) is 0.842. The predicted octanol–water partition coefficient (Wildman–Crippen LogP) is 3.83. The molecule has 0 radical (unpaired) electrons. The summed E-state index contributed by atoms with van der Waals surface area (Å²) in [5.74, 6) is -1.41. The van der Waals surface area contributed by atoms with E-state index >= 15 is 0 Å². The van der Waals surface area contributed by atoms with Gasteiger partial charge in [-0.15, -0.1) is 11.3 Å². The van der Waals surface area contributed by atoms with Crippen LogP contribution in [0.3, 0.4) is 0 Å². The number of halogens is 2. The first kappa shape index (κ1) is 13.9. The summed E-state index contributed by atoms with van der Waals surface area (Å²) < 4.78 is 27.7. The summed E-state index contributed by atoms with van der Waals surface area (Å²) in [7, 11) is 0. The molecule has 0 aliphatic rings. The Morgan fingerprint density at radius 2 is 2.00 bits per heavy atom.